The summed E-state index contributed by atoms with van der Waals surface area (Å²) in [7, 11) is -1.87. The van der Waals surface area contributed by atoms with Crippen LogP contribution in [0.3, 0.4) is 0 Å². The predicted molar refractivity (Wildman–Crippen MR) is 74.5 cm³/mol. The molecular formula is C13H16N2O4S. The molecule has 1 heterocycles. The van der Waals surface area contributed by atoms with E-state index in [0.717, 1.165) is 29.0 Å². The first-order valence-electron chi connectivity index (χ1n) is 5.93. The van der Waals surface area contributed by atoms with E-state index in [9.17, 15) is 8.42 Å². The lowest BCUT2D eigenvalue weighted by molar-refractivity contribution is 0.311. The number of nitrogens with zero attached hydrogens (tertiary/aromatic N) is 2. The first-order valence-corrected chi connectivity index (χ1v) is 7.74. The van der Waals surface area contributed by atoms with Gasteiger partial charge in [-0.15, -0.1) is 0 Å². The molecule has 6 nitrogen and oxygen atoms in total. The van der Waals surface area contributed by atoms with Gasteiger partial charge >= 0.3 is 0 Å². The Hall–Kier alpha value is -1.86. The molecule has 0 aliphatic rings. The van der Waals surface area contributed by atoms with Gasteiger partial charge in [-0.25, -0.2) is 4.68 Å². The van der Waals surface area contributed by atoms with Crippen LogP contribution in [0.15, 0.2) is 30.5 Å². The van der Waals surface area contributed by atoms with E-state index in [2.05, 4.69) is 5.10 Å². The summed E-state index contributed by atoms with van der Waals surface area (Å²) < 4.78 is 33.6. The van der Waals surface area contributed by atoms with Gasteiger partial charge in [0.15, 0.2) is 0 Å². The highest BCUT2D eigenvalue weighted by Crippen LogP contribution is 2.18. The Bertz CT molecular complexity index is 707. The molecule has 108 valence electrons. The fourth-order valence-corrected chi connectivity index (χ4v) is 2.03. The highest BCUT2D eigenvalue weighted by Gasteiger charge is 2.10. The van der Waals surface area contributed by atoms with Crippen molar-refractivity contribution in [3.05, 3.63) is 41.7 Å². The molecule has 2 rings (SSSR count). The van der Waals surface area contributed by atoms with Crippen molar-refractivity contribution in [1.82, 2.24) is 9.78 Å². The average molecular weight is 296 g/mol. The van der Waals surface area contributed by atoms with Crippen molar-refractivity contribution in [2.45, 2.75) is 13.5 Å². The average Bonchev–Trinajstić information content (AvgIpc) is 2.77. The van der Waals surface area contributed by atoms with E-state index in [-0.39, 0.29) is 6.61 Å². The molecule has 0 saturated carbocycles. The molecule has 1 aromatic carbocycles. The van der Waals surface area contributed by atoms with Gasteiger partial charge in [0.05, 0.1) is 31.4 Å². The van der Waals surface area contributed by atoms with Gasteiger partial charge in [-0.3, -0.25) is 4.18 Å². The fourth-order valence-electron chi connectivity index (χ4n) is 1.69. The molecule has 0 N–H and O–H groups in total. The van der Waals surface area contributed by atoms with Crippen molar-refractivity contribution in [2.75, 3.05) is 13.4 Å². The van der Waals surface area contributed by atoms with Gasteiger partial charge in [-0.2, -0.15) is 13.5 Å². The second-order valence-corrected chi connectivity index (χ2v) is 6.00. The lowest BCUT2D eigenvalue weighted by Gasteiger charge is -2.04. The van der Waals surface area contributed by atoms with Crippen LogP contribution in [0, 0.1) is 6.92 Å². The second kappa shape index (κ2) is 5.64. The zero-order valence-electron chi connectivity index (χ0n) is 11.5. The third kappa shape index (κ3) is 3.58. The highest BCUT2D eigenvalue weighted by atomic mass is 32.2. The summed E-state index contributed by atoms with van der Waals surface area (Å²) in [4.78, 5) is 0. The van der Waals surface area contributed by atoms with Gasteiger partial charge in [0, 0.05) is 17.8 Å². The third-order valence-electron chi connectivity index (χ3n) is 2.75. The van der Waals surface area contributed by atoms with Crippen LogP contribution < -0.4 is 4.74 Å². The fraction of sp³-hybridized carbons (Fsp3) is 0.308. The van der Waals surface area contributed by atoms with Crippen LogP contribution in [0.5, 0.6) is 5.75 Å². The zero-order valence-corrected chi connectivity index (χ0v) is 12.3. The van der Waals surface area contributed by atoms with Crippen LogP contribution in [-0.2, 0) is 20.9 Å². The van der Waals surface area contributed by atoms with E-state index < -0.39 is 10.1 Å². The summed E-state index contributed by atoms with van der Waals surface area (Å²) >= 11 is 0. The Balaban J connectivity index is 2.26. The summed E-state index contributed by atoms with van der Waals surface area (Å²) in [6.07, 6.45) is 2.77. The number of aryl methyl sites for hydroxylation is 1. The molecule has 0 bridgehead atoms. The molecule has 0 amide bonds. The van der Waals surface area contributed by atoms with Gasteiger partial charge in [-0.1, -0.05) is 6.07 Å². The normalized spacial score (nSPS) is 11.6. The van der Waals surface area contributed by atoms with Crippen molar-refractivity contribution < 1.29 is 17.3 Å². The lowest BCUT2D eigenvalue weighted by Crippen LogP contribution is -2.02. The minimum absolute atomic E-state index is 0.0192. The number of rotatable bonds is 5. The monoisotopic (exact) mass is 296 g/mol. The van der Waals surface area contributed by atoms with Gasteiger partial charge < -0.3 is 4.74 Å². The van der Waals surface area contributed by atoms with E-state index in [1.54, 1.807) is 24.9 Å². The SMILES string of the molecule is COc1cccc(-n2cc(COS(C)(=O)=O)c(C)n2)c1. The maximum absolute atomic E-state index is 11.0. The summed E-state index contributed by atoms with van der Waals surface area (Å²) in [6.45, 7) is 1.78. The number of benzene rings is 1. The smallest absolute Gasteiger partial charge is 0.264 e. The van der Waals surface area contributed by atoms with Crippen LogP contribution in [-0.4, -0.2) is 31.6 Å². The third-order valence-corrected chi connectivity index (χ3v) is 3.29. The predicted octanol–water partition coefficient (Wildman–Crippen LogP) is 1.67. The largest absolute Gasteiger partial charge is 0.497 e. The quantitative estimate of drug-likeness (QED) is 0.785. The van der Waals surface area contributed by atoms with E-state index in [1.165, 1.54) is 0 Å². The molecule has 0 radical (unpaired) electrons. The first kappa shape index (κ1) is 14.5. The molecule has 1 aromatic heterocycles. The molecule has 2 aromatic rings. The molecule has 0 spiro atoms. The maximum atomic E-state index is 11.0. The topological polar surface area (TPSA) is 70.4 Å². The number of hydrogen-bond donors (Lipinski definition) is 0. The molecule has 7 heteroatoms. The van der Waals surface area contributed by atoms with E-state index >= 15 is 0 Å². The minimum atomic E-state index is -3.46. The molecule has 0 aliphatic carbocycles. The number of hydrogen-bond acceptors (Lipinski definition) is 5. The van der Waals surface area contributed by atoms with Crippen LogP contribution in [0.4, 0.5) is 0 Å². The van der Waals surface area contributed by atoms with Gasteiger partial charge in [-0.05, 0) is 19.1 Å². The maximum Gasteiger partial charge on any atom is 0.264 e. The van der Waals surface area contributed by atoms with Gasteiger partial charge in [0.25, 0.3) is 10.1 Å². The van der Waals surface area contributed by atoms with Crippen molar-refractivity contribution >= 4 is 10.1 Å². The Morgan fingerprint density at radius 1 is 1.35 bits per heavy atom. The summed E-state index contributed by atoms with van der Waals surface area (Å²) in [5, 5.41) is 4.34. The van der Waals surface area contributed by atoms with Crippen molar-refractivity contribution in [3.63, 3.8) is 0 Å². The Morgan fingerprint density at radius 3 is 2.75 bits per heavy atom. The number of methoxy groups -OCH3 is 1. The standard InChI is InChI=1S/C13H16N2O4S/c1-10-11(9-19-20(3,16)17)8-15(14-10)12-5-4-6-13(7-12)18-2/h4-8H,9H2,1-3H3. The zero-order chi connectivity index (χ0) is 14.8. The molecule has 0 unspecified atom stereocenters. The van der Waals surface area contributed by atoms with Gasteiger partial charge in [0.2, 0.25) is 0 Å². The number of ether oxygens (including phenoxy) is 1. The van der Waals surface area contributed by atoms with Crippen molar-refractivity contribution in [3.8, 4) is 11.4 Å². The highest BCUT2D eigenvalue weighted by molar-refractivity contribution is 7.85. The van der Waals surface area contributed by atoms with E-state index in [1.807, 2.05) is 24.3 Å². The summed E-state index contributed by atoms with van der Waals surface area (Å²) in [5.74, 6) is 0.726. The van der Waals surface area contributed by atoms with E-state index in [4.69, 9.17) is 8.92 Å². The Morgan fingerprint density at radius 2 is 2.10 bits per heavy atom. The van der Waals surface area contributed by atoms with Crippen LogP contribution in [0.2, 0.25) is 0 Å². The molecular weight excluding hydrogens is 280 g/mol. The summed E-state index contributed by atoms with van der Waals surface area (Å²) in [6, 6.07) is 7.43. The van der Waals surface area contributed by atoms with Crippen molar-refractivity contribution in [2.24, 2.45) is 0 Å². The Labute approximate surface area is 118 Å². The molecule has 20 heavy (non-hydrogen) atoms. The van der Waals surface area contributed by atoms with Gasteiger partial charge in [0.1, 0.15) is 5.75 Å². The first-order chi connectivity index (χ1) is 9.39. The molecule has 0 fully saturated rings. The molecule has 0 saturated heterocycles. The summed E-state index contributed by atoms with van der Waals surface area (Å²) in [5.41, 5.74) is 2.27. The minimum Gasteiger partial charge on any atom is -0.497 e. The van der Waals surface area contributed by atoms with Crippen molar-refractivity contribution in [1.29, 1.82) is 0 Å². The molecule has 0 atom stereocenters. The lowest BCUT2D eigenvalue weighted by atomic mass is 10.3. The Kier molecular flexibility index (Phi) is 4.10. The van der Waals surface area contributed by atoms with Crippen LogP contribution in [0.25, 0.3) is 5.69 Å². The second-order valence-electron chi connectivity index (χ2n) is 4.35. The molecule has 0 aliphatic heterocycles. The van der Waals surface area contributed by atoms with Crippen LogP contribution in [0.1, 0.15) is 11.3 Å². The number of aromatic nitrogens is 2. The van der Waals surface area contributed by atoms with Crippen LogP contribution >= 0.6 is 0 Å². The van der Waals surface area contributed by atoms with E-state index in [0.29, 0.717) is 0 Å².